The number of rotatable bonds is 5. The average Bonchev–Trinajstić information content (AvgIpc) is 3.43. The van der Waals surface area contributed by atoms with Gasteiger partial charge in [-0.25, -0.2) is 0 Å². The van der Waals surface area contributed by atoms with E-state index in [0.29, 0.717) is 11.5 Å². The molecule has 1 heterocycles. The van der Waals surface area contributed by atoms with Gasteiger partial charge in [0.1, 0.15) is 0 Å². The molecule has 26 heavy (non-hydrogen) atoms. The summed E-state index contributed by atoms with van der Waals surface area (Å²) in [5, 5.41) is 18.0. The summed E-state index contributed by atoms with van der Waals surface area (Å²) in [5.74, 6) is -0.376. The molecule has 2 amide bonds. The summed E-state index contributed by atoms with van der Waals surface area (Å²) >= 11 is 0. The van der Waals surface area contributed by atoms with Crippen molar-refractivity contribution in [1.29, 1.82) is 0 Å². The fourth-order valence-electron chi connectivity index (χ4n) is 3.00. The molecule has 1 aromatic carbocycles. The molecule has 3 atom stereocenters. The molecule has 9 heteroatoms. The second-order valence-electron chi connectivity index (χ2n) is 6.67. The van der Waals surface area contributed by atoms with Gasteiger partial charge in [0.25, 0.3) is 0 Å². The highest BCUT2D eigenvalue weighted by Gasteiger charge is 2.39. The van der Waals surface area contributed by atoms with E-state index in [9.17, 15) is 27.9 Å². The highest BCUT2D eigenvalue weighted by Crippen LogP contribution is 2.33. The van der Waals surface area contributed by atoms with Gasteiger partial charge in [0.2, 0.25) is 11.8 Å². The number of hydrogen-bond acceptors (Lipinski definition) is 4. The molecule has 2 aliphatic rings. The molecule has 6 nitrogen and oxygen atoms in total. The standard InChI is InChI=1S/C17H20F3N3O3/c18-17(19,20)11-5-3-9(4-6-11)13(8-24)22-16(26)12-7-14(25)23-15(21-12)10-1-2-10/h3-6,10,12-13,15,21,24H,1-2,7-8H2,(H,22,26)(H,23,25). The fourth-order valence-corrected chi connectivity index (χ4v) is 3.00. The number of benzene rings is 1. The summed E-state index contributed by atoms with van der Waals surface area (Å²) in [6.45, 7) is -0.470. The molecule has 1 saturated heterocycles. The van der Waals surface area contributed by atoms with Gasteiger partial charge in [0.05, 0.1) is 36.8 Å². The first-order chi connectivity index (χ1) is 12.3. The van der Waals surface area contributed by atoms with E-state index in [2.05, 4.69) is 16.0 Å². The number of aliphatic hydroxyl groups is 1. The molecule has 3 unspecified atom stereocenters. The van der Waals surface area contributed by atoms with Crippen molar-refractivity contribution in [1.82, 2.24) is 16.0 Å². The van der Waals surface area contributed by atoms with Crippen LogP contribution in [0.15, 0.2) is 24.3 Å². The highest BCUT2D eigenvalue weighted by molar-refractivity contribution is 5.89. The van der Waals surface area contributed by atoms with Crippen molar-refractivity contribution in [2.24, 2.45) is 5.92 Å². The third-order valence-corrected chi connectivity index (χ3v) is 4.64. The van der Waals surface area contributed by atoms with Crippen molar-refractivity contribution in [2.75, 3.05) is 6.61 Å². The second-order valence-corrected chi connectivity index (χ2v) is 6.67. The van der Waals surface area contributed by atoms with Crippen LogP contribution in [0.25, 0.3) is 0 Å². The summed E-state index contributed by atoms with van der Waals surface area (Å²) < 4.78 is 37.9. The van der Waals surface area contributed by atoms with E-state index in [0.717, 1.165) is 25.0 Å². The smallest absolute Gasteiger partial charge is 0.394 e. The minimum Gasteiger partial charge on any atom is -0.394 e. The van der Waals surface area contributed by atoms with E-state index in [1.165, 1.54) is 12.1 Å². The van der Waals surface area contributed by atoms with E-state index in [1.54, 1.807) is 0 Å². The number of nitrogens with one attached hydrogen (secondary N) is 3. The van der Waals surface area contributed by atoms with Gasteiger partial charge in [-0.3, -0.25) is 14.9 Å². The zero-order valence-corrected chi connectivity index (χ0v) is 13.8. The largest absolute Gasteiger partial charge is 0.416 e. The number of hydrogen-bond donors (Lipinski definition) is 4. The molecule has 1 aromatic rings. The number of carbonyl (C=O) groups is 2. The van der Waals surface area contributed by atoms with E-state index >= 15 is 0 Å². The molecule has 0 spiro atoms. The maximum absolute atomic E-state index is 12.6. The van der Waals surface area contributed by atoms with Crippen LogP contribution in [0.5, 0.6) is 0 Å². The van der Waals surface area contributed by atoms with Gasteiger partial charge in [-0.05, 0) is 36.5 Å². The Kier molecular flexibility index (Phi) is 5.19. The van der Waals surface area contributed by atoms with Crippen LogP contribution in [0.3, 0.4) is 0 Å². The van der Waals surface area contributed by atoms with Gasteiger partial charge in [-0.2, -0.15) is 13.2 Å². The molecule has 1 aliphatic heterocycles. The molecule has 0 aromatic heterocycles. The molecular formula is C17H20F3N3O3. The Morgan fingerprint density at radius 1 is 1.27 bits per heavy atom. The van der Waals surface area contributed by atoms with Crippen LogP contribution in [0.2, 0.25) is 0 Å². The number of amides is 2. The Morgan fingerprint density at radius 2 is 1.92 bits per heavy atom. The third kappa shape index (κ3) is 4.34. The molecular weight excluding hydrogens is 351 g/mol. The summed E-state index contributed by atoms with van der Waals surface area (Å²) in [6, 6.07) is 2.66. The van der Waals surface area contributed by atoms with E-state index in [-0.39, 0.29) is 18.5 Å². The lowest BCUT2D eigenvalue weighted by Gasteiger charge is -2.32. The predicted octanol–water partition coefficient (Wildman–Crippen LogP) is 1.07. The Morgan fingerprint density at radius 3 is 2.46 bits per heavy atom. The molecule has 4 N–H and O–H groups in total. The second kappa shape index (κ2) is 7.24. The van der Waals surface area contributed by atoms with Crippen LogP contribution >= 0.6 is 0 Å². The Labute approximate surface area is 148 Å². The Hall–Kier alpha value is -2.13. The molecule has 142 valence electrons. The van der Waals surface area contributed by atoms with Crippen molar-refractivity contribution in [2.45, 2.75) is 43.7 Å². The number of halogens is 3. The van der Waals surface area contributed by atoms with Gasteiger partial charge >= 0.3 is 6.18 Å². The lowest BCUT2D eigenvalue weighted by molar-refractivity contribution is -0.137. The minimum atomic E-state index is -4.45. The Bertz CT molecular complexity index is 674. The maximum atomic E-state index is 12.6. The summed E-state index contributed by atoms with van der Waals surface area (Å²) in [4.78, 5) is 24.2. The van der Waals surface area contributed by atoms with E-state index < -0.39 is 36.3 Å². The highest BCUT2D eigenvalue weighted by atomic mass is 19.4. The average molecular weight is 371 g/mol. The SMILES string of the molecule is O=C1CC(C(=O)NC(CO)c2ccc(C(F)(F)F)cc2)NC(C2CC2)N1. The number of alkyl halides is 3. The molecule has 3 rings (SSSR count). The van der Waals surface area contributed by atoms with Crippen LogP contribution in [0.4, 0.5) is 13.2 Å². The van der Waals surface area contributed by atoms with Crippen LogP contribution < -0.4 is 16.0 Å². The van der Waals surface area contributed by atoms with Crippen molar-refractivity contribution >= 4 is 11.8 Å². The van der Waals surface area contributed by atoms with Gasteiger partial charge in [-0.15, -0.1) is 0 Å². The monoisotopic (exact) mass is 371 g/mol. The predicted molar refractivity (Wildman–Crippen MR) is 85.6 cm³/mol. The van der Waals surface area contributed by atoms with Gasteiger partial charge in [-0.1, -0.05) is 12.1 Å². The van der Waals surface area contributed by atoms with Gasteiger partial charge < -0.3 is 15.7 Å². The molecule has 0 bridgehead atoms. The van der Waals surface area contributed by atoms with Crippen LogP contribution in [-0.2, 0) is 15.8 Å². The van der Waals surface area contributed by atoms with Crippen LogP contribution in [-0.4, -0.2) is 35.7 Å². The van der Waals surface area contributed by atoms with Crippen molar-refractivity contribution in [3.05, 3.63) is 35.4 Å². The fraction of sp³-hybridized carbons (Fsp3) is 0.529. The van der Waals surface area contributed by atoms with Crippen molar-refractivity contribution in [3.8, 4) is 0 Å². The quantitative estimate of drug-likeness (QED) is 0.623. The van der Waals surface area contributed by atoms with Gasteiger partial charge in [0.15, 0.2) is 0 Å². The summed E-state index contributed by atoms with van der Waals surface area (Å²) in [6.07, 6.45) is -2.76. The normalized spacial score (nSPS) is 24.7. The molecule has 1 saturated carbocycles. The number of aliphatic hydroxyl groups excluding tert-OH is 1. The van der Waals surface area contributed by atoms with E-state index in [4.69, 9.17) is 0 Å². The van der Waals surface area contributed by atoms with Crippen LogP contribution in [0.1, 0.15) is 36.4 Å². The first kappa shape index (κ1) is 18.7. The summed E-state index contributed by atoms with van der Waals surface area (Å²) in [7, 11) is 0. The zero-order valence-electron chi connectivity index (χ0n) is 13.8. The molecule has 1 aliphatic carbocycles. The lowest BCUT2D eigenvalue weighted by Crippen LogP contribution is -2.61. The zero-order chi connectivity index (χ0) is 18.9. The topological polar surface area (TPSA) is 90.5 Å². The molecule has 0 radical (unpaired) electrons. The Balaban J connectivity index is 1.65. The minimum absolute atomic E-state index is 0.0276. The summed E-state index contributed by atoms with van der Waals surface area (Å²) in [5.41, 5.74) is -0.449. The number of carbonyl (C=O) groups excluding carboxylic acids is 2. The first-order valence-electron chi connectivity index (χ1n) is 8.41. The third-order valence-electron chi connectivity index (χ3n) is 4.64. The van der Waals surface area contributed by atoms with E-state index in [1.807, 2.05) is 0 Å². The molecule has 2 fully saturated rings. The lowest BCUT2D eigenvalue weighted by atomic mass is 10.0. The van der Waals surface area contributed by atoms with Crippen LogP contribution in [0, 0.1) is 5.92 Å². The maximum Gasteiger partial charge on any atom is 0.416 e. The van der Waals surface area contributed by atoms with Crippen molar-refractivity contribution in [3.63, 3.8) is 0 Å². The first-order valence-corrected chi connectivity index (χ1v) is 8.41. The van der Waals surface area contributed by atoms with Crippen molar-refractivity contribution < 1.29 is 27.9 Å². The van der Waals surface area contributed by atoms with Gasteiger partial charge in [0, 0.05) is 0 Å².